The van der Waals surface area contributed by atoms with E-state index in [0.29, 0.717) is 12.2 Å². The van der Waals surface area contributed by atoms with Crippen molar-refractivity contribution in [2.24, 2.45) is 0 Å². The van der Waals surface area contributed by atoms with E-state index in [1.54, 1.807) is 12.1 Å². The van der Waals surface area contributed by atoms with E-state index >= 15 is 0 Å². The molecule has 1 aliphatic rings. The monoisotopic (exact) mass is 218 g/mol. The molecule has 1 atom stereocenters. The van der Waals surface area contributed by atoms with Gasteiger partial charge in [-0.1, -0.05) is 30.4 Å². The van der Waals surface area contributed by atoms with Gasteiger partial charge in [0.1, 0.15) is 12.2 Å². The highest BCUT2D eigenvalue weighted by Gasteiger charge is 2.27. The van der Waals surface area contributed by atoms with Gasteiger partial charge in [0, 0.05) is 0 Å². The van der Waals surface area contributed by atoms with Crippen LogP contribution in [0, 0.1) is 0 Å². The van der Waals surface area contributed by atoms with Crippen LogP contribution >= 0.6 is 0 Å². The third-order valence-electron chi connectivity index (χ3n) is 2.48. The molecule has 0 bridgehead atoms. The van der Waals surface area contributed by atoms with E-state index in [1.807, 2.05) is 37.3 Å². The van der Waals surface area contributed by atoms with Crippen LogP contribution in [0.25, 0.3) is 0 Å². The van der Waals surface area contributed by atoms with Gasteiger partial charge in [-0.2, -0.15) is 0 Å². The fraction of sp³-hybridized carbons (Fsp3) is 0.308. The molecule has 1 aromatic carbocycles. The summed E-state index contributed by atoms with van der Waals surface area (Å²) < 4.78 is 10.6. The van der Waals surface area contributed by atoms with Crippen molar-refractivity contribution < 1.29 is 14.3 Å². The highest BCUT2D eigenvalue weighted by Crippen LogP contribution is 2.18. The van der Waals surface area contributed by atoms with Crippen LogP contribution in [0.3, 0.4) is 0 Å². The zero-order valence-corrected chi connectivity index (χ0v) is 9.18. The average Bonchev–Trinajstić information content (AvgIpc) is 2.75. The summed E-state index contributed by atoms with van der Waals surface area (Å²) in [6.07, 6.45) is 3.85. The molecule has 3 nitrogen and oxygen atoms in total. The summed E-state index contributed by atoms with van der Waals surface area (Å²) >= 11 is 0. The number of esters is 1. The van der Waals surface area contributed by atoms with E-state index in [2.05, 4.69) is 0 Å². The molecule has 0 N–H and O–H groups in total. The summed E-state index contributed by atoms with van der Waals surface area (Å²) in [5, 5.41) is 0. The Labute approximate surface area is 94.7 Å². The lowest BCUT2D eigenvalue weighted by molar-refractivity contribution is -0.0221. The summed E-state index contributed by atoms with van der Waals surface area (Å²) in [5.41, 5.74) is 0.0952. The smallest absolute Gasteiger partial charge is 0.338 e. The SMILES string of the molecule is CC1(COC(=O)c2ccccc2)C=CCO1. The molecule has 84 valence electrons. The molecule has 0 spiro atoms. The number of ether oxygens (including phenoxy) is 2. The first-order chi connectivity index (χ1) is 7.70. The Kier molecular flexibility index (Phi) is 3.06. The van der Waals surface area contributed by atoms with Crippen molar-refractivity contribution in [3.63, 3.8) is 0 Å². The van der Waals surface area contributed by atoms with Crippen molar-refractivity contribution in [1.29, 1.82) is 0 Å². The van der Waals surface area contributed by atoms with Gasteiger partial charge in [-0.3, -0.25) is 0 Å². The molecular formula is C13H14O3. The van der Waals surface area contributed by atoms with Crippen molar-refractivity contribution in [2.75, 3.05) is 13.2 Å². The molecule has 3 heteroatoms. The Bertz CT molecular complexity index is 397. The van der Waals surface area contributed by atoms with E-state index in [1.165, 1.54) is 0 Å². The molecule has 1 heterocycles. The predicted molar refractivity (Wildman–Crippen MR) is 60.2 cm³/mol. The highest BCUT2D eigenvalue weighted by atomic mass is 16.6. The molecule has 2 rings (SSSR count). The van der Waals surface area contributed by atoms with Gasteiger partial charge in [-0.05, 0) is 19.1 Å². The number of carbonyl (C=O) groups excluding carboxylic acids is 1. The molecule has 0 aromatic heterocycles. The van der Waals surface area contributed by atoms with E-state index in [9.17, 15) is 4.79 Å². The maximum absolute atomic E-state index is 11.6. The summed E-state index contributed by atoms with van der Waals surface area (Å²) in [5.74, 6) is -0.314. The molecule has 0 saturated carbocycles. The summed E-state index contributed by atoms with van der Waals surface area (Å²) in [6.45, 7) is 2.73. The van der Waals surface area contributed by atoms with Gasteiger partial charge in [-0.25, -0.2) is 4.79 Å². The highest BCUT2D eigenvalue weighted by molar-refractivity contribution is 5.89. The standard InChI is InChI=1S/C13H14O3/c1-13(8-5-9-16-13)10-15-12(14)11-6-3-2-4-7-11/h2-8H,9-10H2,1H3. The van der Waals surface area contributed by atoms with Crippen molar-refractivity contribution in [2.45, 2.75) is 12.5 Å². The number of benzene rings is 1. The van der Waals surface area contributed by atoms with Crippen LogP contribution in [-0.4, -0.2) is 24.8 Å². The molecule has 1 aliphatic heterocycles. The second-order valence-electron chi connectivity index (χ2n) is 3.97. The quantitative estimate of drug-likeness (QED) is 0.576. The largest absolute Gasteiger partial charge is 0.459 e. The number of carbonyl (C=O) groups is 1. The number of hydrogen-bond acceptors (Lipinski definition) is 3. The molecule has 1 aromatic rings. The Balaban J connectivity index is 1.91. The molecule has 0 saturated heterocycles. The minimum Gasteiger partial charge on any atom is -0.459 e. The summed E-state index contributed by atoms with van der Waals surface area (Å²) in [4.78, 5) is 11.6. The topological polar surface area (TPSA) is 35.5 Å². The molecular weight excluding hydrogens is 204 g/mol. The Hall–Kier alpha value is -1.61. The molecule has 0 fully saturated rings. The predicted octanol–water partition coefficient (Wildman–Crippen LogP) is 2.19. The van der Waals surface area contributed by atoms with Crippen LogP contribution in [0.2, 0.25) is 0 Å². The van der Waals surface area contributed by atoms with Gasteiger partial charge in [0.05, 0.1) is 12.2 Å². The van der Waals surface area contributed by atoms with Crippen LogP contribution in [0.1, 0.15) is 17.3 Å². The van der Waals surface area contributed by atoms with Crippen LogP contribution in [0.4, 0.5) is 0 Å². The first kappa shape index (κ1) is 10.9. The normalized spacial score (nSPS) is 23.3. The van der Waals surface area contributed by atoms with E-state index in [0.717, 1.165) is 0 Å². The van der Waals surface area contributed by atoms with Crippen LogP contribution in [0.15, 0.2) is 42.5 Å². The molecule has 1 unspecified atom stereocenters. The van der Waals surface area contributed by atoms with Crippen LogP contribution < -0.4 is 0 Å². The van der Waals surface area contributed by atoms with E-state index in [4.69, 9.17) is 9.47 Å². The fourth-order valence-corrected chi connectivity index (χ4v) is 1.54. The van der Waals surface area contributed by atoms with Gasteiger partial charge in [0.25, 0.3) is 0 Å². The fourth-order valence-electron chi connectivity index (χ4n) is 1.54. The second-order valence-corrected chi connectivity index (χ2v) is 3.97. The first-order valence-electron chi connectivity index (χ1n) is 5.23. The average molecular weight is 218 g/mol. The van der Waals surface area contributed by atoms with Gasteiger partial charge in [0.2, 0.25) is 0 Å². The number of hydrogen-bond donors (Lipinski definition) is 0. The van der Waals surface area contributed by atoms with Gasteiger partial charge in [0.15, 0.2) is 0 Å². The molecule has 0 radical (unpaired) electrons. The lowest BCUT2D eigenvalue weighted by atomic mass is 10.1. The van der Waals surface area contributed by atoms with Crippen molar-refractivity contribution in [1.82, 2.24) is 0 Å². The zero-order chi connectivity index (χ0) is 11.4. The van der Waals surface area contributed by atoms with Crippen LogP contribution in [0.5, 0.6) is 0 Å². The molecule has 16 heavy (non-hydrogen) atoms. The maximum atomic E-state index is 11.6. The first-order valence-corrected chi connectivity index (χ1v) is 5.23. The van der Waals surface area contributed by atoms with E-state index in [-0.39, 0.29) is 12.6 Å². The lowest BCUT2D eigenvalue weighted by Gasteiger charge is -2.21. The van der Waals surface area contributed by atoms with Crippen LogP contribution in [-0.2, 0) is 9.47 Å². The minimum absolute atomic E-state index is 0.247. The molecule has 0 aliphatic carbocycles. The number of rotatable bonds is 3. The third-order valence-corrected chi connectivity index (χ3v) is 2.48. The van der Waals surface area contributed by atoms with Crippen molar-refractivity contribution in [3.05, 3.63) is 48.0 Å². The third kappa shape index (κ3) is 2.49. The summed E-state index contributed by atoms with van der Waals surface area (Å²) in [7, 11) is 0. The van der Waals surface area contributed by atoms with Crippen molar-refractivity contribution >= 4 is 5.97 Å². The Morgan fingerprint density at radius 1 is 1.44 bits per heavy atom. The van der Waals surface area contributed by atoms with E-state index < -0.39 is 5.60 Å². The minimum atomic E-state index is -0.468. The van der Waals surface area contributed by atoms with Gasteiger partial charge in [-0.15, -0.1) is 0 Å². The second kappa shape index (κ2) is 4.49. The van der Waals surface area contributed by atoms with Gasteiger partial charge >= 0.3 is 5.97 Å². The van der Waals surface area contributed by atoms with Crippen molar-refractivity contribution in [3.8, 4) is 0 Å². The lowest BCUT2D eigenvalue weighted by Crippen LogP contribution is -2.30. The maximum Gasteiger partial charge on any atom is 0.338 e. The van der Waals surface area contributed by atoms with Gasteiger partial charge < -0.3 is 9.47 Å². The zero-order valence-electron chi connectivity index (χ0n) is 9.18. The Morgan fingerprint density at radius 2 is 2.19 bits per heavy atom. The molecule has 0 amide bonds. The Morgan fingerprint density at radius 3 is 2.81 bits per heavy atom. The summed E-state index contributed by atoms with van der Waals surface area (Å²) in [6, 6.07) is 8.95.